The van der Waals surface area contributed by atoms with E-state index in [1.54, 1.807) is 58.9 Å². The molecule has 9 rings (SSSR count). The average molecular weight is 1070 g/mol. The van der Waals surface area contributed by atoms with Crippen LogP contribution in [0.5, 0.6) is 17.2 Å². The van der Waals surface area contributed by atoms with E-state index in [1.165, 1.54) is 24.5 Å². The number of hydrogen-bond donors (Lipinski definition) is 4. The molecular formula is C56H57ClFN9O8S. The maximum Gasteiger partial charge on any atom is 0.289 e. The Morgan fingerprint density at radius 2 is 1.71 bits per heavy atom. The Morgan fingerprint density at radius 3 is 2.43 bits per heavy atom. The van der Waals surface area contributed by atoms with E-state index in [0.29, 0.717) is 106 Å². The average Bonchev–Trinajstić information content (AvgIpc) is 4.06. The fourth-order valence-electron chi connectivity index (χ4n) is 9.21. The molecular weight excluding hydrogens is 1010 g/mol. The highest BCUT2D eigenvalue weighted by atomic mass is 35.5. The Morgan fingerprint density at radius 1 is 0.921 bits per heavy atom. The number of sulfone groups is 1. The summed E-state index contributed by atoms with van der Waals surface area (Å²) in [6.45, 7) is 8.11. The van der Waals surface area contributed by atoms with Crippen molar-refractivity contribution in [1.29, 1.82) is 0 Å². The summed E-state index contributed by atoms with van der Waals surface area (Å²) in [6.07, 6.45) is 3.75. The standard InChI is InChI=1S/C56H57ClFN9O8S/c1-5-59-55(70)54-64-63-53(45-28-43(34(2)3)48(68)29-49(45)69)67(54)41-13-9-35(10-14-41)30-65-21-19-37(20-22-65)56(71)66(23-24-76(4,72)73)31-42-15-18-50(75-42)38-11-16-47-44(26-38)52(61-33-60-47)62-40-12-17-51(46(57)27-40)74-32-36-7-6-8-39(58)25-36/h6-18,25-29,33-34,37,68-69H,5,19-24,30-32H2,1-4H3,(H,59,70)(H,60,61,62). The van der Waals surface area contributed by atoms with E-state index in [2.05, 4.69) is 35.7 Å². The molecule has 0 radical (unpaired) electrons. The van der Waals surface area contributed by atoms with Crippen LogP contribution in [0.2, 0.25) is 5.02 Å². The molecule has 0 aliphatic carbocycles. The molecule has 4 heterocycles. The van der Waals surface area contributed by atoms with Gasteiger partial charge in [-0.3, -0.25) is 19.1 Å². The molecule has 394 valence electrons. The van der Waals surface area contributed by atoms with E-state index in [4.69, 9.17) is 20.8 Å². The Kier molecular flexibility index (Phi) is 16.0. The van der Waals surface area contributed by atoms with Crippen molar-refractivity contribution in [3.05, 3.63) is 155 Å². The van der Waals surface area contributed by atoms with Gasteiger partial charge in [0.25, 0.3) is 5.91 Å². The minimum atomic E-state index is -3.40. The predicted molar refractivity (Wildman–Crippen MR) is 288 cm³/mol. The van der Waals surface area contributed by atoms with Gasteiger partial charge < -0.3 is 34.9 Å². The first-order valence-corrected chi connectivity index (χ1v) is 27.3. The lowest BCUT2D eigenvalue weighted by molar-refractivity contribution is -0.137. The smallest absolute Gasteiger partial charge is 0.289 e. The molecule has 76 heavy (non-hydrogen) atoms. The molecule has 4 N–H and O–H groups in total. The van der Waals surface area contributed by atoms with Crippen LogP contribution < -0.4 is 15.4 Å². The quantitative estimate of drug-likeness (QED) is 0.0593. The summed E-state index contributed by atoms with van der Waals surface area (Å²) >= 11 is 6.59. The number of nitrogens with one attached hydrogen (secondary N) is 2. The van der Waals surface area contributed by atoms with Crippen molar-refractivity contribution in [2.24, 2.45) is 5.92 Å². The van der Waals surface area contributed by atoms with Crippen molar-refractivity contribution in [3.8, 4) is 45.6 Å². The van der Waals surface area contributed by atoms with Crippen LogP contribution in [0.15, 0.2) is 120 Å². The van der Waals surface area contributed by atoms with Crippen LogP contribution in [0.3, 0.4) is 0 Å². The number of rotatable bonds is 19. The summed E-state index contributed by atoms with van der Waals surface area (Å²) in [5.74, 6) is 0.503. The number of aromatic hydroxyl groups is 2. The number of ether oxygens (including phenoxy) is 1. The lowest BCUT2D eigenvalue weighted by atomic mass is 9.94. The third-order valence-corrected chi connectivity index (χ3v) is 14.4. The van der Waals surface area contributed by atoms with E-state index in [9.17, 15) is 32.6 Å². The highest BCUT2D eigenvalue weighted by molar-refractivity contribution is 7.90. The fraction of sp³-hybridized carbons (Fsp3) is 0.286. The molecule has 1 fully saturated rings. The largest absolute Gasteiger partial charge is 0.508 e. The second-order valence-electron chi connectivity index (χ2n) is 19.1. The van der Waals surface area contributed by atoms with Crippen molar-refractivity contribution in [2.45, 2.75) is 59.2 Å². The van der Waals surface area contributed by atoms with E-state index >= 15 is 0 Å². The summed E-state index contributed by atoms with van der Waals surface area (Å²) in [4.78, 5) is 40.3. The fourth-order valence-corrected chi connectivity index (χ4v) is 10.00. The number of carbonyl (C=O) groups is 2. The molecule has 5 aromatic carbocycles. The third kappa shape index (κ3) is 12.4. The maximum absolute atomic E-state index is 14.3. The summed E-state index contributed by atoms with van der Waals surface area (Å²) in [5, 5.41) is 37.2. The van der Waals surface area contributed by atoms with Gasteiger partial charge >= 0.3 is 0 Å². The van der Waals surface area contributed by atoms with Crippen LogP contribution in [-0.2, 0) is 34.3 Å². The van der Waals surface area contributed by atoms with Crippen molar-refractivity contribution >= 4 is 55.7 Å². The van der Waals surface area contributed by atoms with Crippen molar-refractivity contribution in [2.75, 3.05) is 43.5 Å². The predicted octanol–water partition coefficient (Wildman–Crippen LogP) is 9.82. The van der Waals surface area contributed by atoms with E-state index in [0.717, 1.165) is 17.4 Å². The van der Waals surface area contributed by atoms with E-state index in [1.807, 2.05) is 62.4 Å². The number of nitrogens with zero attached hydrogens (tertiary/aromatic N) is 7. The summed E-state index contributed by atoms with van der Waals surface area (Å²) in [5.41, 5.74) is 5.24. The number of hydrogen-bond acceptors (Lipinski definition) is 14. The maximum atomic E-state index is 14.3. The highest BCUT2D eigenvalue weighted by Gasteiger charge is 2.30. The minimum Gasteiger partial charge on any atom is -0.508 e. The number of anilines is 2. The van der Waals surface area contributed by atoms with Gasteiger partial charge in [0.2, 0.25) is 11.7 Å². The zero-order valence-corrected chi connectivity index (χ0v) is 43.9. The van der Waals surface area contributed by atoms with Crippen molar-refractivity contribution in [1.82, 2.24) is 39.8 Å². The number of fused-ring (bicyclic) bond motifs is 1. The normalized spacial score (nSPS) is 13.3. The van der Waals surface area contributed by atoms with Gasteiger partial charge in [-0.15, -0.1) is 10.2 Å². The topological polar surface area (TPSA) is 218 Å². The molecule has 20 heteroatoms. The number of likely N-dealkylation sites (tertiary alicyclic amines) is 1. The molecule has 0 spiro atoms. The van der Waals surface area contributed by atoms with Gasteiger partial charge in [0.05, 0.1) is 28.4 Å². The second-order valence-corrected chi connectivity index (χ2v) is 21.8. The molecule has 8 aromatic rings. The number of amides is 2. The number of halogens is 2. The molecule has 1 saturated heterocycles. The van der Waals surface area contributed by atoms with Gasteiger partial charge in [-0.2, -0.15) is 0 Å². The first-order valence-electron chi connectivity index (χ1n) is 24.9. The Labute approximate surface area is 444 Å². The molecule has 0 atom stereocenters. The molecule has 17 nitrogen and oxygen atoms in total. The van der Waals surface area contributed by atoms with Gasteiger partial charge in [-0.05, 0) is 134 Å². The second kappa shape index (κ2) is 22.9. The number of aromatic nitrogens is 5. The number of phenols is 2. The number of piperidine rings is 1. The van der Waals surface area contributed by atoms with E-state index < -0.39 is 15.7 Å². The number of carbonyl (C=O) groups excluding carboxylic acids is 2. The lowest BCUT2D eigenvalue weighted by Crippen LogP contribution is -2.43. The van der Waals surface area contributed by atoms with Gasteiger partial charge in [0, 0.05) is 60.2 Å². The van der Waals surface area contributed by atoms with Crippen LogP contribution in [0.1, 0.15) is 72.6 Å². The van der Waals surface area contributed by atoms with Gasteiger partial charge in [-0.1, -0.05) is 49.7 Å². The first-order chi connectivity index (χ1) is 36.5. The van der Waals surface area contributed by atoms with Crippen LogP contribution >= 0.6 is 11.6 Å². The van der Waals surface area contributed by atoms with Crippen LogP contribution in [-0.4, -0.2) is 103 Å². The zero-order chi connectivity index (χ0) is 53.7. The Bertz CT molecular complexity index is 3530. The monoisotopic (exact) mass is 1070 g/mol. The lowest BCUT2D eigenvalue weighted by Gasteiger charge is -2.34. The highest BCUT2D eigenvalue weighted by Crippen LogP contribution is 2.39. The van der Waals surface area contributed by atoms with E-state index in [-0.39, 0.29) is 72.2 Å². The molecule has 1 aliphatic rings. The molecule has 0 unspecified atom stereocenters. The number of benzene rings is 5. The third-order valence-electron chi connectivity index (χ3n) is 13.2. The van der Waals surface area contributed by atoms with Gasteiger partial charge in [-0.25, -0.2) is 22.8 Å². The number of phenolic OH excluding ortho intramolecular Hbond substituents is 2. The van der Waals surface area contributed by atoms with Gasteiger partial charge in [0.1, 0.15) is 63.2 Å². The molecule has 2 amide bonds. The minimum absolute atomic E-state index is 0.00789. The van der Waals surface area contributed by atoms with Crippen molar-refractivity contribution < 1.29 is 41.8 Å². The molecule has 0 bridgehead atoms. The van der Waals surface area contributed by atoms with Crippen LogP contribution in [0.25, 0.3) is 39.3 Å². The summed E-state index contributed by atoms with van der Waals surface area (Å²) in [7, 11) is -3.40. The molecule has 3 aromatic heterocycles. The molecule has 0 saturated carbocycles. The zero-order valence-electron chi connectivity index (χ0n) is 42.3. The molecule has 1 aliphatic heterocycles. The van der Waals surface area contributed by atoms with Crippen LogP contribution in [0.4, 0.5) is 15.9 Å². The van der Waals surface area contributed by atoms with Crippen LogP contribution in [0, 0.1) is 11.7 Å². The Balaban J connectivity index is 0.850. The Hall–Kier alpha value is -7.87. The van der Waals surface area contributed by atoms with Crippen molar-refractivity contribution in [3.63, 3.8) is 0 Å². The first kappa shape index (κ1) is 53.0. The van der Waals surface area contributed by atoms with Gasteiger partial charge in [0.15, 0.2) is 5.82 Å². The number of furan rings is 1. The SMILES string of the molecule is CCNC(=O)c1nnc(-c2cc(C(C)C)c(O)cc2O)n1-c1ccc(CN2CCC(C(=O)N(CCS(C)(=O)=O)Cc3ccc(-c4ccc5ncnc(Nc6ccc(OCc7cccc(F)c7)c(Cl)c6)c5c4)o3)CC2)cc1. The summed E-state index contributed by atoms with van der Waals surface area (Å²) < 4.78 is 52.3. The summed E-state index contributed by atoms with van der Waals surface area (Å²) in [6, 6.07) is 31.2.